The highest BCUT2D eigenvalue weighted by Crippen LogP contribution is 2.15. The lowest BCUT2D eigenvalue weighted by Gasteiger charge is -2.23. The Bertz CT molecular complexity index is 235. The third-order valence-electron chi connectivity index (χ3n) is 2.57. The SMILES string of the molecule is CCN1CCCC1CNC(=S)NC#N. The fourth-order valence-electron chi connectivity index (χ4n) is 1.85. The molecular weight excluding hydrogens is 196 g/mol. The first-order chi connectivity index (χ1) is 6.77. The molecule has 0 bridgehead atoms. The van der Waals surface area contributed by atoms with Gasteiger partial charge in [0.05, 0.1) is 0 Å². The van der Waals surface area contributed by atoms with Gasteiger partial charge in [0, 0.05) is 12.6 Å². The highest BCUT2D eigenvalue weighted by molar-refractivity contribution is 7.80. The summed E-state index contributed by atoms with van der Waals surface area (Å²) in [6.07, 6.45) is 4.28. The first-order valence-corrected chi connectivity index (χ1v) is 5.35. The minimum Gasteiger partial charge on any atom is -0.360 e. The largest absolute Gasteiger partial charge is 0.360 e. The van der Waals surface area contributed by atoms with Crippen molar-refractivity contribution < 1.29 is 0 Å². The zero-order valence-corrected chi connectivity index (χ0v) is 9.23. The predicted molar refractivity (Wildman–Crippen MR) is 59.6 cm³/mol. The normalized spacial score (nSPS) is 21.6. The van der Waals surface area contributed by atoms with Crippen LogP contribution in [-0.4, -0.2) is 35.7 Å². The Labute approximate surface area is 90.3 Å². The van der Waals surface area contributed by atoms with E-state index in [4.69, 9.17) is 17.5 Å². The van der Waals surface area contributed by atoms with Crippen molar-refractivity contribution in [1.29, 1.82) is 5.26 Å². The number of nitrogens with one attached hydrogen (secondary N) is 2. The Kier molecular flexibility index (Phi) is 4.63. The van der Waals surface area contributed by atoms with Crippen LogP contribution >= 0.6 is 12.2 Å². The molecule has 1 unspecified atom stereocenters. The Hall–Kier alpha value is -0.860. The van der Waals surface area contributed by atoms with Crippen molar-refractivity contribution in [2.75, 3.05) is 19.6 Å². The van der Waals surface area contributed by atoms with Gasteiger partial charge in [0.1, 0.15) is 0 Å². The van der Waals surface area contributed by atoms with Crippen LogP contribution < -0.4 is 10.6 Å². The lowest BCUT2D eigenvalue weighted by Crippen LogP contribution is -2.42. The maximum Gasteiger partial charge on any atom is 0.183 e. The van der Waals surface area contributed by atoms with E-state index in [-0.39, 0.29) is 0 Å². The molecule has 1 aliphatic heterocycles. The van der Waals surface area contributed by atoms with Gasteiger partial charge in [-0.3, -0.25) is 10.2 Å². The molecule has 0 aromatic heterocycles. The topological polar surface area (TPSA) is 51.1 Å². The van der Waals surface area contributed by atoms with Crippen LogP contribution in [0.2, 0.25) is 0 Å². The molecule has 2 N–H and O–H groups in total. The minimum atomic E-state index is 0.426. The molecule has 1 rings (SSSR count). The second-order valence-electron chi connectivity index (χ2n) is 3.37. The van der Waals surface area contributed by atoms with Crippen LogP contribution in [-0.2, 0) is 0 Å². The second-order valence-corrected chi connectivity index (χ2v) is 3.78. The van der Waals surface area contributed by atoms with E-state index in [9.17, 15) is 0 Å². The molecule has 0 aromatic carbocycles. The fourth-order valence-corrected chi connectivity index (χ4v) is 1.98. The van der Waals surface area contributed by atoms with Crippen LogP contribution in [0.3, 0.4) is 0 Å². The molecule has 4 nitrogen and oxygen atoms in total. The second kappa shape index (κ2) is 5.78. The number of rotatable bonds is 3. The first-order valence-electron chi connectivity index (χ1n) is 4.95. The summed E-state index contributed by atoms with van der Waals surface area (Å²) in [6, 6.07) is 0.568. The van der Waals surface area contributed by atoms with Crippen LogP contribution in [0, 0.1) is 11.5 Å². The van der Waals surface area contributed by atoms with Gasteiger partial charge in [0.15, 0.2) is 11.3 Å². The Balaban J connectivity index is 2.24. The average Bonchev–Trinajstić information content (AvgIpc) is 2.62. The molecule has 1 aliphatic rings. The van der Waals surface area contributed by atoms with E-state index in [1.54, 1.807) is 6.19 Å². The number of nitriles is 1. The van der Waals surface area contributed by atoms with Crippen molar-refractivity contribution in [3.05, 3.63) is 0 Å². The number of likely N-dealkylation sites (N-methyl/N-ethyl adjacent to an activating group) is 1. The van der Waals surface area contributed by atoms with Crippen LogP contribution in [0.1, 0.15) is 19.8 Å². The summed E-state index contributed by atoms with van der Waals surface area (Å²) in [6.45, 7) is 5.28. The third-order valence-corrected chi connectivity index (χ3v) is 2.82. The lowest BCUT2D eigenvalue weighted by molar-refractivity contribution is 0.267. The van der Waals surface area contributed by atoms with Gasteiger partial charge in [-0.1, -0.05) is 6.92 Å². The Morgan fingerprint density at radius 1 is 1.71 bits per heavy atom. The maximum atomic E-state index is 8.33. The molecule has 5 heteroatoms. The lowest BCUT2D eigenvalue weighted by atomic mass is 10.2. The number of nitrogens with zero attached hydrogens (tertiary/aromatic N) is 2. The average molecular weight is 212 g/mol. The minimum absolute atomic E-state index is 0.426. The number of likely N-dealkylation sites (tertiary alicyclic amines) is 1. The summed E-state index contributed by atoms with van der Waals surface area (Å²) in [5, 5.41) is 14.2. The van der Waals surface area contributed by atoms with Gasteiger partial charge in [-0.15, -0.1) is 0 Å². The van der Waals surface area contributed by atoms with Crippen molar-refractivity contribution in [2.24, 2.45) is 0 Å². The summed E-state index contributed by atoms with van der Waals surface area (Å²) < 4.78 is 0. The van der Waals surface area contributed by atoms with Gasteiger partial charge < -0.3 is 5.32 Å². The van der Waals surface area contributed by atoms with Gasteiger partial charge in [-0.25, -0.2) is 0 Å². The molecule has 0 spiro atoms. The third kappa shape index (κ3) is 3.13. The molecule has 14 heavy (non-hydrogen) atoms. The smallest absolute Gasteiger partial charge is 0.183 e. The summed E-state index contributed by atoms with van der Waals surface area (Å²) in [5.41, 5.74) is 0. The van der Waals surface area contributed by atoms with Gasteiger partial charge in [-0.05, 0) is 38.1 Å². The molecule has 1 fully saturated rings. The Morgan fingerprint density at radius 2 is 2.50 bits per heavy atom. The molecule has 0 aliphatic carbocycles. The number of hydrogen-bond acceptors (Lipinski definition) is 3. The van der Waals surface area contributed by atoms with Gasteiger partial charge >= 0.3 is 0 Å². The molecular formula is C9H16N4S. The molecule has 1 atom stereocenters. The fraction of sp³-hybridized carbons (Fsp3) is 0.778. The number of hydrogen-bond donors (Lipinski definition) is 2. The van der Waals surface area contributed by atoms with Crippen molar-refractivity contribution in [2.45, 2.75) is 25.8 Å². The molecule has 0 radical (unpaired) electrons. The van der Waals surface area contributed by atoms with Gasteiger partial charge in [0.2, 0.25) is 0 Å². The molecule has 0 saturated carbocycles. The first kappa shape index (κ1) is 11.2. The molecule has 1 heterocycles. The van der Waals surface area contributed by atoms with E-state index in [0.717, 1.165) is 13.1 Å². The number of thiocarbonyl (C=S) groups is 1. The highest BCUT2D eigenvalue weighted by Gasteiger charge is 2.22. The van der Waals surface area contributed by atoms with Crippen LogP contribution in [0.15, 0.2) is 0 Å². The summed E-state index contributed by atoms with van der Waals surface area (Å²) in [5.74, 6) is 0. The van der Waals surface area contributed by atoms with Crippen molar-refractivity contribution in [3.63, 3.8) is 0 Å². The van der Waals surface area contributed by atoms with E-state index in [1.165, 1.54) is 19.4 Å². The maximum absolute atomic E-state index is 8.33. The zero-order chi connectivity index (χ0) is 10.4. The quantitative estimate of drug-likeness (QED) is 0.403. The van der Waals surface area contributed by atoms with Crippen molar-refractivity contribution in [3.8, 4) is 6.19 Å². The molecule has 78 valence electrons. The molecule has 1 saturated heterocycles. The van der Waals surface area contributed by atoms with Crippen LogP contribution in [0.5, 0.6) is 0 Å². The summed E-state index contributed by atoms with van der Waals surface area (Å²) >= 11 is 4.90. The summed E-state index contributed by atoms with van der Waals surface area (Å²) in [4.78, 5) is 2.43. The molecule has 0 aromatic rings. The van der Waals surface area contributed by atoms with Gasteiger partial charge in [-0.2, -0.15) is 5.26 Å². The van der Waals surface area contributed by atoms with E-state index < -0.39 is 0 Å². The van der Waals surface area contributed by atoms with Crippen molar-refractivity contribution in [1.82, 2.24) is 15.5 Å². The highest BCUT2D eigenvalue weighted by atomic mass is 32.1. The van der Waals surface area contributed by atoms with E-state index in [2.05, 4.69) is 22.5 Å². The summed E-state index contributed by atoms with van der Waals surface area (Å²) in [7, 11) is 0. The van der Waals surface area contributed by atoms with Gasteiger partial charge in [0.25, 0.3) is 0 Å². The zero-order valence-electron chi connectivity index (χ0n) is 8.42. The van der Waals surface area contributed by atoms with Crippen LogP contribution in [0.25, 0.3) is 0 Å². The Morgan fingerprint density at radius 3 is 3.14 bits per heavy atom. The van der Waals surface area contributed by atoms with Crippen LogP contribution in [0.4, 0.5) is 0 Å². The van der Waals surface area contributed by atoms with E-state index >= 15 is 0 Å². The van der Waals surface area contributed by atoms with E-state index in [0.29, 0.717) is 11.2 Å². The monoisotopic (exact) mass is 212 g/mol. The predicted octanol–water partition coefficient (Wildman–Crippen LogP) is 0.416. The van der Waals surface area contributed by atoms with Crippen molar-refractivity contribution >= 4 is 17.3 Å². The standard InChI is InChI=1S/C9H16N4S/c1-2-13-5-3-4-8(13)6-11-9(14)12-7-10/h8H,2-6H2,1H3,(H2,11,12,14). The molecule has 0 amide bonds. The van der Waals surface area contributed by atoms with E-state index in [1.807, 2.05) is 0 Å².